The molecule has 1 aromatic rings. The van der Waals surface area contributed by atoms with E-state index < -0.39 is 0 Å². The third-order valence-corrected chi connectivity index (χ3v) is 3.33. The van der Waals surface area contributed by atoms with Gasteiger partial charge in [-0.25, -0.2) is 0 Å². The second kappa shape index (κ2) is 4.97. The van der Waals surface area contributed by atoms with E-state index in [1.54, 1.807) is 16.6 Å². The molecule has 1 atom stereocenters. The fraction of sp³-hybridized carbons (Fsp3) is 0.667. The minimum Gasteiger partial charge on any atom is -0.395 e. The number of nitrogens with two attached hydrogens (primary N) is 1. The van der Waals surface area contributed by atoms with Crippen LogP contribution in [0.5, 0.6) is 0 Å². The number of carbonyl (C=O) groups excluding carboxylic acids is 1. The maximum Gasteiger partial charge on any atom is 0.274 e. The maximum absolute atomic E-state index is 12.5. The molecule has 0 saturated carbocycles. The Bertz CT molecular complexity index is 455. The Balaban J connectivity index is 2.30. The number of morpholine rings is 1. The van der Waals surface area contributed by atoms with Gasteiger partial charge in [0.1, 0.15) is 5.69 Å². The van der Waals surface area contributed by atoms with Crippen molar-refractivity contribution in [1.82, 2.24) is 14.7 Å². The molecule has 1 aliphatic heterocycles. The van der Waals surface area contributed by atoms with Gasteiger partial charge < -0.3 is 15.4 Å². The molecule has 0 aromatic carbocycles. The molecule has 0 aliphatic carbocycles. The molecule has 18 heavy (non-hydrogen) atoms. The number of rotatable bonds is 2. The lowest BCUT2D eigenvalue weighted by molar-refractivity contribution is 0.00307. The number of amides is 1. The van der Waals surface area contributed by atoms with Crippen LogP contribution < -0.4 is 5.73 Å². The van der Waals surface area contributed by atoms with Gasteiger partial charge in [-0.1, -0.05) is 6.92 Å². The Labute approximate surface area is 107 Å². The summed E-state index contributed by atoms with van der Waals surface area (Å²) >= 11 is 0. The van der Waals surface area contributed by atoms with Crippen molar-refractivity contribution in [3.63, 3.8) is 0 Å². The van der Waals surface area contributed by atoms with E-state index in [1.807, 2.05) is 13.8 Å². The Morgan fingerprint density at radius 3 is 2.89 bits per heavy atom. The van der Waals surface area contributed by atoms with Gasteiger partial charge in [-0.15, -0.1) is 0 Å². The number of nitrogens with zero attached hydrogens (tertiary/aromatic N) is 3. The summed E-state index contributed by atoms with van der Waals surface area (Å²) in [5, 5.41) is 4.28. The number of anilines is 1. The average Bonchev–Trinajstić information content (AvgIpc) is 2.64. The van der Waals surface area contributed by atoms with Crippen molar-refractivity contribution in [3.8, 4) is 0 Å². The molecule has 1 fully saturated rings. The molecule has 2 heterocycles. The molecule has 6 nitrogen and oxygen atoms in total. The third kappa shape index (κ3) is 2.08. The van der Waals surface area contributed by atoms with E-state index in [1.165, 1.54) is 0 Å². The Hall–Kier alpha value is -1.56. The zero-order valence-corrected chi connectivity index (χ0v) is 11.1. The van der Waals surface area contributed by atoms with Crippen molar-refractivity contribution < 1.29 is 9.53 Å². The zero-order valence-electron chi connectivity index (χ0n) is 11.1. The summed E-state index contributed by atoms with van der Waals surface area (Å²) in [4.78, 5) is 14.3. The van der Waals surface area contributed by atoms with Crippen LogP contribution in [0.25, 0.3) is 0 Å². The second-order valence-corrected chi connectivity index (χ2v) is 4.61. The molecule has 0 radical (unpaired) electrons. The molecule has 6 heteroatoms. The van der Waals surface area contributed by atoms with Crippen molar-refractivity contribution in [2.75, 3.05) is 25.5 Å². The van der Waals surface area contributed by atoms with Gasteiger partial charge in [0.05, 0.1) is 30.6 Å². The molecule has 0 bridgehead atoms. The van der Waals surface area contributed by atoms with Crippen molar-refractivity contribution in [3.05, 3.63) is 11.4 Å². The van der Waals surface area contributed by atoms with Crippen LogP contribution in [-0.4, -0.2) is 46.4 Å². The molecule has 1 aliphatic rings. The summed E-state index contributed by atoms with van der Waals surface area (Å²) in [6.45, 7) is 5.71. The summed E-state index contributed by atoms with van der Waals surface area (Å²) in [6, 6.07) is 0.0747. The van der Waals surface area contributed by atoms with Crippen LogP contribution in [0.15, 0.2) is 0 Å². The normalized spacial score (nSPS) is 20.2. The Morgan fingerprint density at radius 1 is 1.61 bits per heavy atom. The first kappa shape index (κ1) is 12.9. The summed E-state index contributed by atoms with van der Waals surface area (Å²) in [7, 11) is 1.76. The number of ether oxygens (including phenoxy) is 1. The van der Waals surface area contributed by atoms with Crippen LogP contribution in [0.3, 0.4) is 0 Å². The van der Waals surface area contributed by atoms with E-state index in [0.717, 1.165) is 12.1 Å². The van der Waals surface area contributed by atoms with Gasteiger partial charge in [-0.2, -0.15) is 5.10 Å². The predicted octanol–water partition coefficient (Wildman–Crippen LogP) is 0.426. The number of nitrogen functional groups attached to an aromatic ring is 1. The number of aromatic nitrogens is 2. The van der Waals surface area contributed by atoms with Crippen LogP contribution in [0.1, 0.15) is 30.0 Å². The summed E-state index contributed by atoms with van der Waals surface area (Å²) in [5.74, 6) is -0.0574. The number of aryl methyl sites for hydroxylation is 2. The highest BCUT2D eigenvalue weighted by atomic mass is 16.5. The average molecular weight is 252 g/mol. The topological polar surface area (TPSA) is 73.4 Å². The van der Waals surface area contributed by atoms with Crippen LogP contribution in [0, 0.1) is 0 Å². The lowest BCUT2D eigenvalue weighted by Gasteiger charge is -2.33. The second-order valence-electron chi connectivity index (χ2n) is 4.61. The maximum atomic E-state index is 12.5. The van der Waals surface area contributed by atoms with E-state index in [4.69, 9.17) is 10.5 Å². The SMILES string of the molecule is CCc1nn(C)c(C(=O)N2CCOCC2C)c1N. The standard InChI is InChI=1S/C12H20N4O2/c1-4-9-10(13)11(15(3)14-9)12(17)16-5-6-18-7-8(16)2/h8H,4-7,13H2,1-3H3. The number of hydrogen-bond donors (Lipinski definition) is 1. The first-order chi connectivity index (χ1) is 8.56. The fourth-order valence-electron chi connectivity index (χ4n) is 2.28. The van der Waals surface area contributed by atoms with Crippen LogP contribution in [0.2, 0.25) is 0 Å². The first-order valence-electron chi connectivity index (χ1n) is 6.26. The van der Waals surface area contributed by atoms with Gasteiger partial charge in [-0.3, -0.25) is 9.48 Å². The highest BCUT2D eigenvalue weighted by Gasteiger charge is 2.29. The summed E-state index contributed by atoms with van der Waals surface area (Å²) < 4.78 is 6.92. The molecule has 1 saturated heterocycles. The lowest BCUT2D eigenvalue weighted by Crippen LogP contribution is -2.47. The van der Waals surface area contributed by atoms with Crippen LogP contribution in [-0.2, 0) is 18.2 Å². The van der Waals surface area contributed by atoms with Crippen molar-refractivity contribution >= 4 is 11.6 Å². The fourth-order valence-corrected chi connectivity index (χ4v) is 2.28. The Morgan fingerprint density at radius 2 is 2.33 bits per heavy atom. The minimum absolute atomic E-state index is 0.0574. The summed E-state index contributed by atoms with van der Waals surface area (Å²) in [6.07, 6.45) is 0.728. The van der Waals surface area contributed by atoms with Gasteiger partial charge in [0, 0.05) is 13.6 Å². The molecule has 0 spiro atoms. The highest BCUT2D eigenvalue weighted by Crippen LogP contribution is 2.20. The van der Waals surface area contributed by atoms with Gasteiger partial charge >= 0.3 is 0 Å². The van der Waals surface area contributed by atoms with E-state index in [9.17, 15) is 4.79 Å². The quantitative estimate of drug-likeness (QED) is 0.828. The van der Waals surface area contributed by atoms with E-state index in [2.05, 4.69) is 5.10 Å². The monoisotopic (exact) mass is 252 g/mol. The van der Waals surface area contributed by atoms with Gasteiger partial charge in [0.2, 0.25) is 0 Å². The predicted molar refractivity (Wildman–Crippen MR) is 68.3 cm³/mol. The van der Waals surface area contributed by atoms with Gasteiger partial charge in [-0.05, 0) is 13.3 Å². The van der Waals surface area contributed by atoms with Crippen molar-refractivity contribution in [2.24, 2.45) is 7.05 Å². The van der Waals surface area contributed by atoms with Gasteiger partial charge in [0.15, 0.2) is 0 Å². The number of carbonyl (C=O) groups is 1. The first-order valence-corrected chi connectivity index (χ1v) is 6.26. The lowest BCUT2D eigenvalue weighted by atomic mass is 10.2. The van der Waals surface area contributed by atoms with Crippen molar-refractivity contribution in [2.45, 2.75) is 26.3 Å². The van der Waals surface area contributed by atoms with E-state index in [0.29, 0.717) is 31.1 Å². The number of hydrogen-bond acceptors (Lipinski definition) is 4. The Kier molecular flexibility index (Phi) is 3.56. The van der Waals surface area contributed by atoms with Gasteiger partial charge in [0.25, 0.3) is 5.91 Å². The molecular weight excluding hydrogens is 232 g/mol. The summed E-state index contributed by atoms with van der Waals surface area (Å²) in [5.41, 5.74) is 7.78. The van der Waals surface area contributed by atoms with E-state index in [-0.39, 0.29) is 11.9 Å². The molecule has 2 rings (SSSR count). The van der Waals surface area contributed by atoms with E-state index >= 15 is 0 Å². The molecule has 1 unspecified atom stereocenters. The molecular formula is C12H20N4O2. The third-order valence-electron chi connectivity index (χ3n) is 3.33. The molecule has 1 amide bonds. The van der Waals surface area contributed by atoms with Crippen LogP contribution >= 0.6 is 0 Å². The molecule has 1 aromatic heterocycles. The van der Waals surface area contributed by atoms with Crippen molar-refractivity contribution in [1.29, 1.82) is 0 Å². The zero-order chi connectivity index (χ0) is 13.3. The minimum atomic E-state index is -0.0574. The van der Waals surface area contributed by atoms with Crippen LogP contribution in [0.4, 0.5) is 5.69 Å². The molecule has 2 N–H and O–H groups in total. The molecule has 100 valence electrons. The largest absolute Gasteiger partial charge is 0.395 e. The smallest absolute Gasteiger partial charge is 0.274 e. The highest BCUT2D eigenvalue weighted by molar-refractivity contribution is 5.98.